The molecule has 0 fully saturated rings. The molecule has 0 unspecified atom stereocenters. The lowest BCUT2D eigenvalue weighted by Crippen LogP contribution is -2.13. The number of sulfonamides is 1. The molecule has 0 aliphatic heterocycles. The van der Waals surface area contributed by atoms with Crippen LogP contribution in [-0.4, -0.2) is 15.0 Å². The Balaban J connectivity index is 3.06. The van der Waals surface area contributed by atoms with Gasteiger partial charge in [0.2, 0.25) is 10.0 Å². The second kappa shape index (κ2) is 5.93. The van der Waals surface area contributed by atoms with E-state index in [2.05, 4.69) is 6.58 Å². The van der Waals surface area contributed by atoms with E-state index in [1.165, 1.54) is 12.1 Å². The summed E-state index contributed by atoms with van der Waals surface area (Å²) in [6.45, 7) is 6.02. The number of hydrogen-bond donors (Lipinski definition) is 1. The lowest BCUT2D eigenvalue weighted by Gasteiger charge is -2.11. The third-order valence-electron chi connectivity index (χ3n) is 2.25. The maximum Gasteiger partial charge on any atom is 0.239 e. The van der Waals surface area contributed by atoms with Crippen LogP contribution in [0.2, 0.25) is 10.0 Å². The zero-order valence-electron chi connectivity index (χ0n) is 9.74. The van der Waals surface area contributed by atoms with E-state index in [4.69, 9.17) is 33.1 Å². The normalized spacial score (nSPS) is 11.3. The van der Waals surface area contributed by atoms with Crippen LogP contribution in [0.3, 0.4) is 0 Å². The zero-order valence-corrected chi connectivity index (χ0v) is 12.1. The largest absolute Gasteiger partial charge is 0.488 e. The van der Waals surface area contributed by atoms with Gasteiger partial charge >= 0.3 is 0 Å². The first-order chi connectivity index (χ1) is 8.27. The van der Waals surface area contributed by atoms with Crippen molar-refractivity contribution in [3.63, 3.8) is 0 Å². The lowest BCUT2D eigenvalue weighted by molar-refractivity contribution is 0.349. The summed E-state index contributed by atoms with van der Waals surface area (Å²) < 4.78 is 27.8. The Morgan fingerprint density at radius 2 is 2.00 bits per heavy atom. The van der Waals surface area contributed by atoms with E-state index >= 15 is 0 Å². The van der Waals surface area contributed by atoms with Crippen molar-refractivity contribution in [1.82, 2.24) is 0 Å². The Morgan fingerprint density at radius 3 is 2.50 bits per heavy atom. The molecule has 100 valence electrons. The summed E-state index contributed by atoms with van der Waals surface area (Å²) in [6.07, 6.45) is 0.778. The van der Waals surface area contributed by atoms with Crippen LogP contribution >= 0.6 is 23.2 Å². The minimum absolute atomic E-state index is 0.0205. The Kier molecular flexibility index (Phi) is 5.04. The molecule has 0 saturated carbocycles. The van der Waals surface area contributed by atoms with Crippen LogP contribution in [0, 0.1) is 0 Å². The summed E-state index contributed by atoms with van der Waals surface area (Å²) >= 11 is 11.8. The van der Waals surface area contributed by atoms with Crippen LogP contribution in [0.25, 0.3) is 0 Å². The zero-order chi connectivity index (χ0) is 13.9. The van der Waals surface area contributed by atoms with Gasteiger partial charge in [0, 0.05) is 0 Å². The Hall–Kier alpha value is -0.750. The van der Waals surface area contributed by atoms with Gasteiger partial charge in [0.05, 0.1) is 5.02 Å². The van der Waals surface area contributed by atoms with Gasteiger partial charge in [-0.3, -0.25) is 0 Å². The number of nitrogens with two attached hydrogens (primary N) is 1. The maximum absolute atomic E-state index is 11.2. The van der Waals surface area contributed by atoms with E-state index in [1.54, 1.807) is 0 Å². The first-order valence-electron chi connectivity index (χ1n) is 5.07. The Labute approximate surface area is 116 Å². The van der Waals surface area contributed by atoms with Crippen molar-refractivity contribution in [1.29, 1.82) is 0 Å². The molecule has 0 aromatic heterocycles. The third kappa shape index (κ3) is 3.62. The minimum atomic E-state index is -3.90. The number of primary sulfonamides is 1. The van der Waals surface area contributed by atoms with Crippen molar-refractivity contribution in [2.24, 2.45) is 5.14 Å². The highest BCUT2D eigenvalue weighted by atomic mass is 35.5. The van der Waals surface area contributed by atoms with Gasteiger partial charge in [0.25, 0.3) is 0 Å². The predicted molar refractivity (Wildman–Crippen MR) is 72.8 cm³/mol. The molecule has 18 heavy (non-hydrogen) atoms. The van der Waals surface area contributed by atoms with Crippen molar-refractivity contribution in [2.45, 2.75) is 18.2 Å². The number of halogens is 2. The molecule has 0 radical (unpaired) electrons. The van der Waals surface area contributed by atoms with Crippen molar-refractivity contribution in [3.05, 3.63) is 34.3 Å². The first-order valence-corrected chi connectivity index (χ1v) is 7.37. The molecule has 0 atom stereocenters. The monoisotopic (exact) mass is 309 g/mol. The first kappa shape index (κ1) is 15.3. The summed E-state index contributed by atoms with van der Waals surface area (Å²) in [5, 5.41) is 4.87. The van der Waals surface area contributed by atoms with Gasteiger partial charge in [-0.05, 0) is 24.1 Å². The van der Waals surface area contributed by atoms with E-state index in [9.17, 15) is 8.42 Å². The molecular formula is C11H13Cl2NO3S. The van der Waals surface area contributed by atoms with E-state index in [1.807, 2.05) is 6.92 Å². The third-order valence-corrected chi connectivity index (χ3v) is 4.18. The van der Waals surface area contributed by atoms with Gasteiger partial charge in [-0.25, -0.2) is 13.6 Å². The minimum Gasteiger partial charge on any atom is -0.488 e. The molecule has 4 nitrogen and oxygen atoms in total. The molecule has 0 heterocycles. The molecule has 2 N–H and O–H groups in total. The number of ether oxygens (including phenoxy) is 1. The van der Waals surface area contributed by atoms with Gasteiger partial charge in [0.1, 0.15) is 22.3 Å². The highest BCUT2D eigenvalue weighted by molar-refractivity contribution is 7.89. The average Bonchev–Trinajstić information content (AvgIpc) is 2.28. The summed E-state index contributed by atoms with van der Waals surface area (Å²) in [4.78, 5) is -0.226. The SMILES string of the molecule is C=C(CC)COc1ccc(S(N)(=O)=O)c(Cl)c1Cl. The van der Waals surface area contributed by atoms with Gasteiger partial charge in [-0.2, -0.15) is 0 Å². The van der Waals surface area contributed by atoms with E-state index < -0.39 is 10.0 Å². The molecular weight excluding hydrogens is 297 g/mol. The van der Waals surface area contributed by atoms with E-state index in [-0.39, 0.29) is 14.9 Å². The molecule has 0 aliphatic carbocycles. The van der Waals surface area contributed by atoms with Gasteiger partial charge < -0.3 is 4.74 Å². The fourth-order valence-electron chi connectivity index (χ4n) is 1.13. The number of benzene rings is 1. The molecule has 0 aliphatic rings. The van der Waals surface area contributed by atoms with Crippen molar-refractivity contribution >= 4 is 33.2 Å². The average molecular weight is 310 g/mol. The van der Waals surface area contributed by atoms with Crippen LogP contribution < -0.4 is 9.88 Å². The summed E-state index contributed by atoms with van der Waals surface area (Å²) in [5.74, 6) is 0.295. The van der Waals surface area contributed by atoms with Gasteiger partial charge in [-0.1, -0.05) is 36.7 Å². The predicted octanol–water partition coefficient (Wildman–Crippen LogP) is 2.99. The van der Waals surface area contributed by atoms with Crippen molar-refractivity contribution in [2.75, 3.05) is 6.61 Å². The number of rotatable bonds is 5. The molecule has 1 rings (SSSR count). The van der Waals surface area contributed by atoms with Crippen LogP contribution in [0.15, 0.2) is 29.2 Å². The molecule has 7 heteroatoms. The maximum atomic E-state index is 11.2. The summed E-state index contributed by atoms with van der Waals surface area (Å²) in [7, 11) is -3.90. The second-order valence-corrected chi connectivity index (χ2v) is 5.91. The Bertz CT molecular complexity index is 570. The van der Waals surface area contributed by atoms with Crippen LogP contribution in [0.1, 0.15) is 13.3 Å². The second-order valence-electron chi connectivity index (χ2n) is 3.63. The van der Waals surface area contributed by atoms with Gasteiger partial charge in [0.15, 0.2) is 0 Å². The highest BCUT2D eigenvalue weighted by Crippen LogP contribution is 2.36. The fraction of sp³-hybridized carbons (Fsp3) is 0.273. The fourth-order valence-corrected chi connectivity index (χ4v) is 2.49. The quantitative estimate of drug-likeness (QED) is 0.850. The summed E-state index contributed by atoms with van der Waals surface area (Å²) in [6, 6.07) is 2.67. The lowest BCUT2D eigenvalue weighted by atomic mass is 10.2. The van der Waals surface area contributed by atoms with Crippen molar-refractivity contribution < 1.29 is 13.2 Å². The molecule has 1 aromatic carbocycles. The van der Waals surface area contributed by atoms with Gasteiger partial charge in [-0.15, -0.1) is 0 Å². The molecule has 1 aromatic rings. The smallest absolute Gasteiger partial charge is 0.239 e. The van der Waals surface area contributed by atoms with E-state index in [0.29, 0.717) is 12.4 Å². The van der Waals surface area contributed by atoms with Crippen molar-refractivity contribution in [3.8, 4) is 5.75 Å². The molecule has 0 bridgehead atoms. The Morgan fingerprint density at radius 1 is 1.39 bits per heavy atom. The standard InChI is InChI=1S/C11H13Cl2NO3S/c1-3-7(2)6-17-8-4-5-9(18(14,15)16)11(13)10(8)12/h4-5H,2-3,6H2,1H3,(H2,14,15,16). The van der Waals surface area contributed by atoms with E-state index in [0.717, 1.165) is 12.0 Å². The topological polar surface area (TPSA) is 69.4 Å². The van der Waals surface area contributed by atoms with Crippen LogP contribution in [0.5, 0.6) is 5.75 Å². The molecule has 0 saturated heterocycles. The summed E-state index contributed by atoms with van der Waals surface area (Å²) in [5.41, 5.74) is 0.887. The van der Waals surface area contributed by atoms with Crippen LogP contribution in [-0.2, 0) is 10.0 Å². The molecule has 0 spiro atoms. The number of hydrogen-bond acceptors (Lipinski definition) is 3. The van der Waals surface area contributed by atoms with Crippen LogP contribution in [0.4, 0.5) is 0 Å². The molecule has 0 amide bonds. The highest BCUT2D eigenvalue weighted by Gasteiger charge is 2.18.